The summed E-state index contributed by atoms with van der Waals surface area (Å²) in [6.07, 6.45) is 10.8. The van der Waals surface area contributed by atoms with Gasteiger partial charge in [-0.15, -0.1) is 0 Å². The summed E-state index contributed by atoms with van der Waals surface area (Å²) >= 11 is 0. The third kappa shape index (κ3) is 5.60. The molecule has 0 heterocycles. The Kier molecular flexibility index (Phi) is 8.97. The molecule has 0 aromatic carbocycles. The van der Waals surface area contributed by atoms with Crippen molar-refractivity contribution >= 4 is 11.9 Å². The van der Waals surface area contributed by atoms with Crippen LogP contribution in [-0.2, 0) is 9.59 Å². The number of unbranched alkanes of at least 4 members (excludes halogenated alkanes) is 1. The lowest BCUT2D eigenvalue weighted by atomic mass is 9.43. The number of fused-ring (bicyclic) bond motifs is 5. The van der Waals surface area contributed by atoms with Gasteiger partial charge in [-0.05, 0) is 130 Å². The fraction of sp³-hybridized carbons (Fsp3) is 0.933. The van der Waals surface area contributed by atoms with E-state index in [0.29, 0.717) is 61.3 Å². The lowest BCUT2D eigenvalue weighted by molar-refractivity contribution is -0.174. The van der Waals surface area contributed by atoms with E-state index >= 15 is 0 Å². The van der Waals surface area contributed by atoms with Crippen LogP contribution in [0.15, 0.2) is 0 Å². The molecule has 4 rings (SSSR count). The van der Waals surface area contributed by atoms with E-state index in [1.807, 2.05) is 0 Å². The van der Waals surface area contributed by atoms with Gasteiger partial charge in [0, 0.05) is 6.42 Å². The topological polar surface area (TPSA) is 133 Å². The Bertz CT molecular complexity index is 822. The lowest BCUT2D eigenvalue weighted by Crippen LogP contribution is -2.58. The quantitative estimate of drug-likeness (QED) is 0.276. The molecule has 0 bridgehead atoms. The fourth-order valence-corrected chi connectivity index (χ4v) is 9.75. The van der Waals surface area contributed by atoms with Crippen LogP contribution in [0.25, 0.3) is 0 Å². The van der Waals surface area contributed by atoms with Crippen molar-refractivity contribution in [2.45, 2.75) is 122 Å². The number of carbonyl (C=O) groups is 2. The molecule has 37 heavy (non-hydrogen) atoms. The van der Waals surface area contributed by atoms with E-state index in [1.165, 1.54) is 6.42 Å². The first-order chi connectivity index (χ1) is 17.5. The van der Waals surface area contributed by atoms with Crippen molar-refractivity contribution in [3.05, 3.63) is 0 Å². The molecule has 0 radical (unpaired) electrons. The molecule has 212 valence electrons. The monoisotopic (exact) mass is 520 g/mol. The Morgan fingerprint density at radius 3 is 2.38 bits per heavy atom. The number of rotatable bonds is 10. The molecule has 1 unspecified atom stereocenters. The molecule has 0 aromatic rings. The number of aliphatic carboxylic acids is 1. The first kappa shape index (κ1) is 28.8. The van der Waals surface area contributed by atoms with Gasteiger partial charge < -0.3 is 26.4 Å². The standard InChI is InChI=1S/C30H52N2O5/c1-18(7-10-26(35)32-24(28(36)37)6-4-5-15-31)21-8-9-22-27-23(12-14-30(21,22)3)29(2)13-11-20(33)16-19(29)17-25(27)34/h18-25,27,33-34H,4-17,31H2,1-3H3,(H,32,35)(H,36,37)/t18-,19+,20-,21-,22+,23+,24?,25-,27+,29+,30-/m1/s1. The van der Waals surface area contributed by atoms with E-state index in [4.69, 9.17) is 5.73 Å². The Morgan fingerprint density at radius 1 is 0.973 bits per heavy atom. The van der Waals surface area contributed by atoms with Crippen LogP contribution in [0.1, 0.15) is 104 Å². The van der Waals surface area contributed by atoms with Crippen molar-refractivity contribution in [3.63, 3.8) is 0 Å². The predicted octanol–water partition coefficient (Wildman–Crippen LogP) is 4.09. The highest BCUT2D eigenvalue weighted by Crippen LogP contribution is 2.68. The second-order valence-corrected chi connectivity index (χ2v) is 13.7. The number of aliphatic hydroxyl groups is 2. The van der Waals surface area contributed by atoms with E-state index in [0.717, 1.165) is 57.8 Å². The van der Waals surface area contributed by atoms with E-state index in [2.05, 4.69) is 26.1 Å². The molecule has 6 N–H and O–H groups in total. The number of hydrogen-bond donors (Lipinski definition) is 5. The number of aliphatic hydroxyl groups excluding tert-OH is 2. The number of carboxylic acids is 1. The molecule has 11 atom stereocenters. The maximum atomic E-state index is 12.6. The highest BCUT2D eigenvalue weighted by Gasteiger charge is 2.62. The minimum absolute atomic E-state index is 0.170. The van der Waals surface area contributed by atoms with Gasteiger partial charge >= 0.3 is 5.97 Å². The summed E-state index contributed by atoms with van der Waals surface area (Å²) in [5, 5.41) is 33.9. The molecule has 7 nitrogen and oxygen atoms in total. The van der Waals surface area contributed by atoms with Crippen LogP contribution in [0.3, 0.4) is 0 Å². The third-order valence-electron chi connectivity index (χ3n) is 11.8. The molecular formula is C30H52N2O5. The summed E-state index contributed by atoms with van der Waals surface area (Å²) in [5.41, 5.74) is 5.93. The largest absolute Gasteiger partial charge is 0.480 e. The van der Waals surface area contributed by atoms with Crippen LogP contribution in [-0.4, -0.2) is 52.0 Å². The van der Waals surface area contributed by atoms with Crippen molar-refractivity contribution in [2.24, 2.45) is 52.1 Å². The fourth-order valence-electron chi connectivity index (χ4n) is 9.75. The zero-order valence-electron chi connectivity index (χ0n) is 23.3. The van der Waals surface area contributed by atoms with E-state index in [9.17, 15) is 24.9 Å². The second-order valence-electron chi connectivity index (χ2n) is 13.7. The minimum atomic E-state index is -0.976. The molecule has 4 aliphatic rings. The highest BCUT2D eigenvalue weighted by molar-refractivity contribution is 5.83. The molecule has 7 heteroatoms. The normalized spacial score (nSPS) is 42.7. The number of nitrogens with one attached hydrogen (secondary N) is 1. The zero-order chi connectivity index (χ0) is 27.0. The van der Waals surface area contributed by atoms with E-state index < -0.39 is 12.0 Å². The summed E-state index contributed by atoms with van der Waals surface area (Å²) in [4.78, 5) is 24.2. The van der Waals surface area contributed by atoms with Gasteiger partial charge in [0.25, 0.3) is 0 Å². The number of carbonyl (C=O) groups excluding carboxylic acids is 1. The van der Waals surface area contributed by atoms with Crippen molar-refractivity contribution in [1.82, 2.24) is 5.32 Å². The van der Waals surface area contributed by atoms with Crippen LogP contribution in [0.5, 0.6) is 0 Å². The van der Waals surface area contributed by atoms with Crippen molar-refractivity contribution < 1.29 is 24.9 Å². The van der Waals surface area contributed by atoms with E-state index in [1.54, 1.807) is 0 Å². The average Bonchev–Trinajstić information content (AvgIpc) is 3.20. The lowest BCUT2D eigenvalue weighted by Gasteiger charge is -2.62. The van der Waals surface area contributed by atoms with Crippen LogP contribution in [0, 0.1) is 46.3 Å². The van der Waals surface area contributed by atoms with Gasteiger partial charge in [-0.25, -0.2) is 4.79 Å². The summed E-state index contributed by atoms with van der Waals surface area (Å²) in [6, 6.07) is -0.836. The molecule has 0 spiro atoms. The first-order valence-electron chi connectivity index (χ1n) is 15.1. The molecule has 1 amide bonds. The maximum absolute atomic E-state index is 12.6. The summed E-state index contributed by atoms with van der Waals surface area (Å²) in [6.45, 7) is 7.70. The van der Waals surface area contributed by atoms with Crippen LogP contribution in [0.4, 0.5) is 0 Å². The van der Waals surface area contributed by atoms with Crippen molar-refractivity contribution in [2.75, 3.05) is 6.54 Å². The van der Waals surface area contributed by atoms with Crippen LogP contribution >= 0.6 is 0 Å². The van der Waals surface area contributed by atoms with Gasteiger partial charge in [0.15, 0.2) is 0 Å². The van der Waals surface area contributed by atoms with Crippen molar-refractivity contribution in [1.29, 1.82) is 0 Å². The Hall–Kier alpha value is -1.18. The molecule has 0 saturated heterocycles. The highest BCUT2D eigenvalue weighted by atomic mass is 16.4. The molecule has 0 aliphatic heterocycles. The minimum Gasteiger partial charge on any atom is -0.480 e. The summed E-state index contributed by atoms with van der Waals surface area (Å²) in [7, 11) is 0. The van der Waals surface area contributed by atoms with Crippen LogP contribution < -0.4 is 11.1 Å². The first-order valence-corrected chi connectivity index (χ1v) is 15.1. The van der Waals surface area contributed by atoms with Gasteiger partial charge in [-0.1, -0.05) is 20.8 Å². The number of amides is 1. The summed E-state index contributed by atoms with van der Waals surface area (Å²) in [5.74, 6) is 1.60. The number of carboxylic acid groups (broad SMARTS) is 1. The SMILES string of the molecule is C[C@H](CCC(=O)NC(CCCCN)C(=O)O)[C@H]1CC[C@H]2[C@@H]3[C@H](O)C[C@@H]4C[C@H](O)CC[C@]4(C)[C@H]3CC[C@]12C. The Labute approximate surface area is 223 Å². The maximum Gasteiger partial charge on any atom is 0.326 e. The molecule has 4 fully saturated rings. The van der Waals surface area contributed by atoms with Gasteiger partial charge in [0.2, 0.25) is 5.91 Å². The van der Waals surface area contributed by atoms with Crippen LogP contribution in [0.2, 0.25) is 0 Å². The second kappa shape index (κ2) is 11.5. The smallest absolute Gasteiger partial charge is 0.326 e. The van der Waals surface area contributed by atoms with E-state index in [-0.39, 0.29) is 28.9 Å². The molecule has 4 aliphatic carbocycles. The average molecular weight is 521 g/mol. The number of nitrogens with two attached hydrogens (primary N) is 1. The molecule has 4 saturated carbocycles. The van der Waals surface area contributed by atoms with Gasteiger partial charge in [0.05, 0.1) is 12.2 Å². The van der Waals surface area contributed by atoms with Gasteiger partial charge in [-0.2, -0.15) is 0 Å². The third-order valence-corrected chi connectivity index (χ3v) is 11.8. The predicted molar refractivity (Wildman–Crippen MR) is 143 cm³/mol. The Balaban J connectivity index is 1.37. The summed E-state index contributed by atoms with van der Waals surface area (Å²) < 4.78 is 0. The van der Waals surface area contributed by atoms with Crippen molar-refractivity contribution in [3.8, 4) is 0 Å². The Morgan fingerprint density at radius 2 is 1.68 bits per heavy atom. The van der Waals surface area contributed by atoms with Gasteiger partial charge in [-0.3, -0.25) is 4.79 Å². The zero-order valence-corrected chi connectivity index (χ0v) is 23.3. The molecule has 0 aromatic heterocycles. The van der Waals surface area contributed by atoms with Gasteiger partial charge in [0.1, 0.15) is 6.04 Å². The molecular weight excluding hydrogens is 468 g/mol. The number of hydrogen-bond acceptors (Lipinski definition) is 5.